The Hall–Kier alpha value is -0.820. The topological polar surface area (TPSA) is 66.5 Å². The number of sulfonamides is 1. The number of benzene rings is 1. The van der Waals surface area contributed by atoms with Crippen LogP contribution in [0.1, 0.15) is 5.56 Å². The van der Waals surface area contributed by atoms with Crippen LogP contribution in [0.25, 0.3) is 0 Å². The second-order valence-electron chi connectivity index (χ2n) is 3.95. The first-order valence-corrected chi connectivity index (χ1v) is 7.75. The summed E-state index contributed by atoms with van der Waals surface area (Å²) >= 11 is 11.8. The van der Waals surface area contributed by atoms with E-state index in [-0.39, 0.29) is 6.54 Å². The molecule has 0 radical (unpaired) electrons. The normalized spacial score (nSPS) is 11.4. The first-order chi connectivity index (χ1) is 8.75. The minimum atomic E-state index is -3.57. The van der Waals surface area contributed by atoms with Crippen LogP contribution in [0.2, 0.25) is 10.0 Å². The molecule has 0 aliphatic heterocycles. The highest BCUT2D eigenvalue weighted by atomic mass is 35.5. The third-order valence-electron chi connectivity index (χ3n) is 2.47. The largest absolute Gasteiger partial charge is 0.340 e. The molecule has 1 rings (SSSR count). The molecule has 1 amide bonds. The highest BCUT2D eigenvalue weighted by Crippen LogP contribution is 2.22. The summed E-state index contributed by atoms with van der Waals surface area (Å²) in [4.78, 5) is 13.0. The van der Waals surface area contributed by atoms with Gasteiger partial charge in [0, 0.05) is 23.6 Å². The van der Waals surface area contributed by atoms with Crippen molar-refractivity contribution in [3.63, 3.8) is 0 Å². The van der Waals surface area contributed by atoms with Gasteiger partial charge in [-0.1, -0.05) is 29.3 Å². The summed E-state index contributed by atoms with van der Waals surface area (Å²) in [5, 5.41) is 0.934. The maximum absolute atomic E-state index is 11.7. The lowest BCUT2D eigenvalue weighted by atomic mass is 10.2. The van der Waals surface area contributed by atoms with Crippen LogP contribution >= 0.6 is 23.2 Å². The van der Waals surface area contributed by atoms with Crippen molar-refractivity contribution in [1.29, 1.82) is 0 Å². The number of halogens is 2. The summed E-state index contributed by atoms with van der Waals surface area (Å²) in [6, 6.07) is 4.92. The van der Waals surface area contributed by atoms with Crippen molar-refractivity contribution >= 4 is 39.1 Å². The van der Waals surface area contributed by atoms with Crippen LogP contribution in [0, 0.1) is 0 Å². The Balaban J connectivity index is 2.74. The van der Waals surface area contributed by atoms with E-state index >= 15 is 0 Å². The van der Waals surface area contributed by atoms with Gasteiger partial charge in [0.1, 0.15) is 5.75 Å². The minimum Gasteiger partial charge on any atom is -0.340 e. The molecule has 0 spiro atoms. The second kappa shape index (κ2) is 6.56. The molecule has 0 bridgehead atoms. The number of nitrogens with zero attached hydrogens (tertiary/aromatic N) is 1. The molecular weight excluding hydrogens is 311 g/mol. The number of amides is 1. The molecule has 0 aliphatic rings. The van der Waals surface area contributed by atoms with Gasteiger partial charge in [-0.15, -0.1) is 0 Å². The highest BCUT2D eigenvalue weighted by Gasteiger charge is 2.18. The molecule has 106 valence electrons. The fourth-order valence-electron chi connectivity index (χ4n) is 1.34. The van der Waals surface area contributed by atoms with Gasteiger partial charge in [-0.05, 0) is 24.7 Å². The van der Waals surface area contributed by atoms with E-state index in [0.717, 1.165) is 0 Å². The van der Waals surface area contributed by atoms with Gasteiger partial charge in [0.25, 0.3) is 0 Å². The first kappa shape index (κ1) is 16.2. The number of rotatable bonds is 5. The number of hydrogen-bond donors (Lipinski definition) is 1. The predicted octanol–water partition coefficient (Wildman–Crippen LogP) is 1.50. The SMILES string of the molecule is CNS(=O)(=O)CC(=O)N(C)Cc1ccc(Cl)cc1Cl. The van der Waals surface area contributed by atoms with Crippen molar-refractivity contribution in [2.24, 2.45) is 0 Å². The van der Waals surface area contributed by atoms with Gasteiger partial charge in [-0.3, -0.25) is 4.79 Å². The number of nitrogens with one attached hydrogen (secondary N) is 1. The molecular formula is C11H14Cl2N2O3S. The monoisotopic (exact) mass is 324 g/mol. The van der Waals surface area contributed by atoms with E-state index in [1.807, 2.05) is 0 Å². The van der Waals surface area contributed by atoms with Crippen molar-refractivity contribution in [1.82, 2.24) is 9.62 Å². The van der Waals surface area contributed by atoms with Crippen molar-refractivity contribution in [2.75, 3.05) is 19.8 Å². The fourth-order valence-corrected chi connectivity index (χ4v) is 2.50. The third kappa shape index (κ3) is 4.99. The number of carbonyl (C=O) groups excluding carboxylic acids is 1. The molecule has 0 saturated heterocycles. The summed E-state index contributed by atoms with van der Waals surface area (Å²) in [7, 11) is -0.793. The van der Waals surface area contributed by atoms with Crippen LogP contribution in [-0.2, 0) is 21.4 Å². The zero-order valence-corrected chi connectivity index (χ0v) is 12.8. The Labute approximate surface area is 122 Å². The quantitative estimate of drug-likeness (QED) is 0.892. The fraction of sp³-hybridized carbons (Fsp3) is 0.364. The van der Waals surface area contributed by atoms with E-state index in [4.69, 9.17) is 23.2 Å². The standard InChI is InChI=1S/C11H14Cl2N2O3S/c1-14-19(17,18)7-11(16)15(2)6-8-3-4-9(12)5-10(8)13/h3-5,14H,6-7H2,1-2H3. The average molecular weight is 325 g/mol. The summed E-state index contributed by atoms with van der Waals surface area (Å²) < 4.78 is 24.6. The number of hydrogen-bond acceptors (Lipinski definition) is 3. The molecule has 0 aromatic heterocycles. The van der Waals surface area contributed by atoms with E-state index in [1.165, 1.54) is 19.0 Å². The summed E-state index contributed by atoms with van der Waals surface area (Å²) in [6.45, 7) is 0.216. The van der Waals surface area contributed by atoms with E-state index in [1.54, 1.807) is 18.2 Å². The van der Waals surface area contributed by atoms with Gasteiger partial charge in [-0.25, -0.2) is 13.1 Å². The van der Waals surface area contributed by atoms with E-state index in [0.29, 0.717) is 15.6 Å². The molecule has 1 N–H and O–H groups in total. The molecule has 0 aliphatic carbocycles. The molecule has 1 aromatic carbocycles. The highest BCUT2D eigenvalue weighted by molar-refractivity contribution is 7.90. The second-order valence-corrected chi connectivity index (χ2v) is 6.72. The average Bonchev–Trinajstić information content (AvgIpc) is 2.32. The Morgan fingerprint density at radius 3 is 2.53 bits per heavy atom. The predicted molar refractivity (Wildman–Crippen MR) is 75.8 cm³/mol. The van der Waals surface area contributed by atoms with Crippen molar-refractivity contribution in [2.45, 2.75) is 6.54 Å². The zero-order valence-electron chi connectivity index (χ0n) is 10.5. The molecule has 1 aromatic rings. The molecule has 5 nitrogen and oxygen atoms in total. The van der Waals surface area contributed by atoms with Crippen LogP contribution in [0.3, 0.4) is 0 Å². The number of carbonyl (C=O) groups is 1. The van der Waals surface area contributed by atoms with Crippen LogP contribution in [-0.4, -0.2) is 39.1 Å². The molecule has 0 unspecified atom stereocenters. The molecule has 0 saturated carbocycles. The molecule has 0 atom stereocenters. The van der Waals surface area contributed by atoms with Crippen LogP contribution in [0.5, 0.6) is 0 Å². The maximum atomic E-state index is 11.7. The third-order valence-corrected chi connectivity index (χ3v) is 4.31. The molecule has 8 heteroatoms. The maximum Gasteiger partial charge on any atom is 0.239 e. The van der Waals surface area contributed by atoms with E-state index in [9.17, 15) is 13.2 Å². The van der Waals surface area contributed by atoms with Crippen molar-refractivity contribution < 1.29 is 13.2 Å². The van der Waals surface area contributed by atoms with Gasteiger partial charge in [0.15, 0.2) is 0 Å². The molecule has 0 heterocycles. The van der Waals surface area contributed by atoms with E-state index in [2.05, 4.69) is 4.72 Å². The Kier molecular flexibility index (Phi) is 5.61. The van der Waals surface area contributed by atoms with Crippen LogP contribution in [0.15, 0.2) is 18.2 Å². The molecule has 0 fully saturated rings. The van der Waals surface area contributed by atoms with Crippen molar-refractivity contribution in [3.8, 4) is 0 Å². The first-order valence-electron chi connectivity index (χ1n) is 5.34. The van der Waals surface area contributed by atoms with Gasteiger partial charge >= 0.3 is 0 Å². The lowest BCUT2D eigenvalue weighted by Gasteiger charge is -2.18. The lowest BCUT2D eigenvalue weighted by molar-refractivity contribution is -0.127. The smallest absolute Gasteiger partial charge is 0.239 e. The van der Waals surface area contributed by atoms with Crippen LogP contribution < -0.4 is 4.72 Å². The molecule has 19 heavy (non-hydrogen) atoms. The van der Waals surface area contributed by atoms with Gasteiger partial charge in [0.05, 0.1) is 0 Å². The Morgan fingerprint density at radius 2 is 2.00 bits per heavy atom. The zero-order chi connectivity index (χ0) is 14.6. The van der Waals surface area contributed by atoms with Gasteiger partial charge < -0.3 is 4.90 Å². The van der Waals surface area contributed by atoms with Crippen LogP contribution in [0.4, 0.5) is 0 Å². The minimum absolute atomic E-state index is 0.216. The Morgan fingerprint density at radius 1 is 1.37 bits per heavy atom. The van der Waals surface area contributed by atoms with Gasteiger partial charge in [0.2, 0.25) is 15.9 Å². The van der Waals surface area contributed by atoms with Crippen molar-refractivity contribution in [3.05, 3.63) is 33.8 Å². The van der Waals surface area contributed by atoms with E-state index < -0.39 is 21.7 Å². The summed E-state index contributed by atoms with van der Waals surface area (Å²) in [6.07, 6.45) is 0. The summed E-state index contributed by atoms with van der Waals surface area (Å²) in [5.74, 6) is -1.11. The Bertz CT molecular complexity index is 575. The van der Waals surface area contributed by atoms with Gasteiger partial charge in [-0.2, -0.15) is 0 Å². The summed E-state index contributed by atoms with van der Waals surface area (Å²) in [5.41, 5.74) is 0.698. The lowest BCUT2D eigenvalue weighted by Crippen LogP contribution is -2.36.